The zero-order chi connectivity index (χ0) is 22.4. The molecule has 2 amide bonds. The Bertz CT molecular complexity index is 1360. The first-order valence-electron chi connectivity index (χ1n) is 11.0. The topological polar surface area (TPSA) is 83.1 Å². The van der Waals surface area contributed by atoms with E-state index in [-0.39, 0.29) is 57.4 Å². The molecule has 4 heterocycles. The summed E-state index contributed by atoms with van der Waals surface area (Å²) in [5, 5.41) is 1.03. The maximum absolute atomic E-state index is 13.6. The van der Waals surface area contributed by atoms with E-state index < -0.39 is 5.82 Å². The second kappa shape index (κ2) is 6.87. The van der Waals surface area contributed by atoms with Gasteiger partial charge in [-0.15, -0.1) is 11.8 Å². The van der Waals surface area contributed by atoms with Crippen LogP contribution in [0.5, 0.6) is 0 Å². The van der Waals surface area contributed by atoms with Crippen LogP contribution < -0.4 is 9.77 Å². The number of imide groups is 1. The number of carbonyl (C=O) groups excluding carboxylic acids is 2. The molecule has 7 atom stereocenters. The number of hydrogen-bond donors (Lipinski definition) is 1. The zero-order valence-corrected chi connectivity index (χ0v) is 18.8. The largest absolute Gasteiger partial charge is 0.307 e. The highest BCUT2D eigenvalue weighted by atomic mass is 32.2. The van der Waals surface area contributed by atoms with Crippen LogP contribution in [0.2, 0.25) is 0 Å². The van der Waals surface area contributed by atoms with Crippen molar-refractivity contribution in [3.05, 3.63) is 74.7 Å². The number of nitrogens with one attached hydrogen (secondary N) is 1. The van der Waals surface area contributed by atoms with E-state index in [9.17, 15) is 18.8 Å². The van der Waals surface area contributed by atoms with Gasteiger partial charge in [0.05, 0.1) is 22.5 Å². The predicted molar refractivity (Wildman–Crippen MR) is 122 cm³/mol. The summed E-state index contributed by atoms with van der Waals surface area (Å²) in [5.74, 6) is -1.25. The molecule has 0 radical (unpaired) electrons. The molecule has 3 fully saturated rings. The summed E-state index contributed by atoms with van der Waals surface area (Å²) in [6.45, 7) is 0. The fourth-order valence-electron chi connectivity index (χ4n) is 6.79. The molecule has 0 spiro atoms. The van der Waals surface area contributed by atoms with Crippen LogP contribution in [0.4, 0.5) is 10.1 Å². The molecule has 1 aromatic carbocycles. The number of nitrogens with zero attached hydrogens (tertiary/aromatic N) is 2. The van der Waals surface area contributed by atoms with Gasteiger partial charge in [0.1, 0.15) is 5.82 Å². The lowest BCUT2D eigenvalue weighted by molar-refractivity contribution is -0.123. The molecule has 1 N–H and O–H groups in total. The van der Waals surface area contributed by atoms with E-state index in [0.717, 1.165) is 21.9 Å². The number of amides is 2. The third-order valence-corrected chi connectivity index (χ3v) is 10.4. The lowest BCUT2D eigenvalue weighted by Gasteiger charge is -2.42. The lowest BCUT2D eigenvalue weighted by atomic mass is 9.68. The molecule has 2 aromatic heterocycles. The van der Waals surface area contributed by atoms with Gasteiger partial charge >= 0.3 is 4.87 Å². The molecule has 2 saturated carbocycles. The average molecular weight is 480 g/mol. The number of carbonyl (C=O) groups is 2. The monoisotopic (exact) mass is 479 g/mol. The van der Waals surface area contributed by atoms with Crippen molar-refractivity contribution in [2.45, 2.75) is 22.6 Å². The molecule has 33 heavy (non-hydrogen) atoms. The number of pyridine rings is 1. The smallest absolute Gasteiger partial charge is 0.305 e. The summed E-state index contributed by atoms with van der Waals surface area (Å²) >= 11 is 2.90. The minimum atomic E-state index is -0.403. The van der Waals surface area contributed by atoms with Gasteiger partial charge in [-0.2, -0.15) is 0 Å². The molecule has 7 rings (SSSR count). The van der Waals surface area contributed by atoms with E-state index >= 15 is 0 Å². The van der Waals surface area contributed by atoms with Gasteiger partial charge in [0, 0.05) is 28.4 Å². The van der Waals surface area contributed by atoms with Crippen molar-refractivity contribution in [1.29, 1.82) is 0 Å². The van der Waals surface area contributed by atoms with Crippen molar-refractivity contribution in [3.8, 4) is 0 Å². The molecular weight excluding hydrogens is 461 g/mol. The van der Waals surface area contributed by atoms with Gasteiger partial charge in [-0.1, -0.05) is 17.4 Å². The van der Waals surface area contributed by atoms with E-state index in [1.807, 2.05) is 18.3 Å². The molecule has 0 unspecified atom stereocenters. The Kier molecular flexibility index (Phi) is 4.09. The number of rotatable bonds is 2. The Morgan fingerprint density at radius 1 is 1.03 bits per heavy atom. The van der Waals surface area contributed by atoms with Crippen molar-refractivity contribution in [2.75, 3.05) is 4.90 Å². The number of fused-ring (bicyclic) bond motifs is 9. The number of aromatic nitrogens is 2. The van der Waals surface area contributed by atoms with Gasteiger partial charge in [0.2, 0.25) is 11.8 Å². The highest BCUT2D eigenvalue weighted by Gasteiger charge is 2.69. The first-order valence-corrected chi connectivity index (χ1v) is 12.7. The Morgan fingerprint density at radius 2 is 1.79 bits per heavy atom. The molecule has 1 saturated heterocycles. The van der Waals surface area contributed by atoms with E-state index in [2.05, 4.69) is 9.97 Å². The standard InChI is InChI=1S/C24H18FN3O3S2/c25-11-3-5-12(6-4-11)28-22(29)17-13-8-14(18(17)23(28)30)19-16(13)15(10-2-1-7-26-9-10)20-21(32-19)27-24(31)33-20/h1-7,9,13-19H,8H2,(H,27,31)/t13-,14+,15+,16+,17+,18+,19-/m0/s1. The quantitative estimate of drug-likeness (QED) is 0.568. The fraction of sp³-hybridized carbons (Fsp3) is 0.333. The number of thiazole rings is 1. The van der Waals surface area contributed by atoms with E-state index in [1.54, 1.807) is 18.0 Å². The average Bonchev–Trinajstić information content (AvgIpc) is 3.54. The first-order chi connectivity index (χ1) is 16.0. The maximum atomic E-state index is 13.6. The maximum Gasteiger partial charge on any atom is 0.305 e. The molecule has 3 aromatic rings. The first kappa shape index (κ1) is 19.7. The van der Waals surface area contributed by atoms with Gasteiger partial charge in [-0.3, -0.25) is 24.3 Å². The molecular formula is C24H18FN3O3S2. The van der Waals surface area contributed by atoms with Crippen LogP contribution in [0.25, 0.3) is 0 Å². The van der Waals surface area contributed by atoms with Crippen LogP contribution in [0, 0.1) is 35.4 Å². The number of aromatic amines is 1. The van der Waals surface area contributed by atoms with Crippen LogP contribution in [0.1, 0.15) is 22.8 Å². The fourth-order valence-corrected chi connectivity index (χ4v) is 9.68. The number of H-pyrrole nitrogens is 1. The SMILES string of the molecule is O=C1[C@@H]2[C@H]3C[C@@H]([C@@H]4Sc5[nH]c(=O)sc5[C@H](c5cccnc5)[C@@H]34)[C@H]2C(=O)N1c1ccc(F)cc1. The van der Waals surface area contributed by atoms with Crippen LogP contribution in [-0.2, 0) is 9.59 Å². The second-order valence-electron chi connectivity index (χ2n) is 9.24. The number of thioether (sulfide) groups is 1. The van der Waals surface area contributed by atoms with E-state index in [1.165, 1.54) is 40.5 Å². The van der Waals surface area contributed by atoms with Crippen LogP contribution in [-0.4, -0.2) is 27.0 Å². The second-order valence-corrected chi connectivity index (χ2v) is 11.4. The number of benzene rings is 1. The van der Waals surface area contributed by atoms with Gasteiger partial charge in [-0.05, 0) is 60.1 Å². The third-order valence-electron chi connectivity index (χ3n) is 7.85. The van der Waals surface area contributed by atoms with E-state index in [4.69, 9.17) is 0 Å². The van der Waals surface area contributed by atoms with E-state index in [0.29, 0.717) is 5.69 Å². The van der Waals surface area contributed by atoms with Crippen molar-refractivity contribution >= 4 is 40.6 Å². The van der Waals surface area contributed by atoms with Crippen LogP contribution in [0.15, 0.2) is 58.6 Å². The molecule has 2 aliphatic heterocycles. The minimum absolute atomic E-state index is 0.0253. The Hall–Kier alpha value is -2.78. The summed E-state index contributed by atoms with van der Waals surface area (Å²) in [5.41, 5.74) is 1.48. The van der Waals surface area contributed by atoms with Crippen molar-refractivity contribution in [3.63, 3.8) is 0 Å². The minimum Gasteiger partial charge on any atom is -0.307 e. The molecule has 9 heteroatoms. The number of anilines is 1. The van der Waals surface area contributed by atoms with Crippen molar-refractivity contribution in [1.82, 2.24) is 9.97 Å². The molecule has 6 nitrogen and oxygen atoms in total. The summed E-state index contributed by atoms with van der Waals surface area (Å²) < 4.78 is 13.4. The van der Waals surface area contributed by atoms with Crippen LogP contribution in [0.3, 0.4) is 0 Å². The molecule has 166 valence electrons. The Morgan fingerprint density at radius 3 is 2.52 bits per heavy atom. The number of halogens is 1. The lowest BCUT2D eigenvalue weighted by Crippen LogP contribution is -2.42. The third kappa shape index (κ3) is 2.60. The normalized spacial score (nSPS) is 33.8. The summed E-state index contributed by atoms with van der Waals surface area (Å²) in [7, 11) is 0. The Labute approximate surface area is 196 Å². The molecule has 2 aliphatic carbocycles. The Balaban J connectivity index is 1.33. The summed E-state index contributed by atoms with van der Waals surface area (Å²) in [6, 6.07) is 9.49. The highest BCUT2D eigenvalue weighted by molar-refractivity contribution is 8.00. The predicted octanol–water partition coefficient (Wildman–Crippen LogP) is 3.65. The van der Waals surface area contributed by atoms with Crippen molar-refractivity contribution in [2.24, 2.45) is 29.6 Å². The van der Waals surface area contributed by atoms with Gasteiger partial charge in [0.25, 0.3) is 0 Å². The van der Waals surface area contributed by atoms with Crippen molar-refractivity contribution < 1.29 is 14.0 Å². The summed E-state index contributed by atoms with van der Waals surface area (Å²) in [6.07, 6.45) is 4.42. The highest BCUT2D eigenvalue weighted by Crippen LogP contribution is 2.68. The van der Waals surface area contributed by atoms with Gasteiger partial charge < -0.3 is 4.98 Å². The van der Waals surface area contributed by atoms with Crippen LogP contribution >= 0.6 is 23.1 Å². The zero-order valence-electron chi connectivity index (χ0n) is 17.2. The number of hydrogen-bond acceptors (Lipinski definition) is 6. The molecule has 2 bridgehead atoms. The van der Waals surface area contributed by atoms with Gasteiger partial charge in [0.15, 0.2) is 0 Å². The van der Waals surface area contributed by atoms with Gasteiger partial charge in [-0.25, -0.2) is 4.39 Å². The summed E-state index contributed by atoms with van der Waals surface area (Å²) in [4.78, 5) is 48.8. The molecule has 4 aliphatic rings.